The molecule has 178 valence electrons. The second-order valence-corrected chi connectivity index (χ2v) is 9.85. The van der Waals surface area contributed by atoms with Crippen molar-refractivity contribution in [3.8, 4) is 5.88 Å². The van der Waals surface area contributed by atoms with E-state index in [1.165, 1.54) is 6.20 Å². The van der Waals surface area contributed by atoms with Crippen LogP contribution in [0.1, 0.15) is 26.5 Å². The van der Waals surface area contributed by atoms with Gasteiger partial charge >= 0.3 is 6.09 Å². The van der Waals surface area contributed by atoms with Gasteiger partial charge in [0.05, 0.1) is 28.9 Å². The van der Waals surface area contributed by atoms with E-state index < -0.39 is 5.60 Å². The number of hydrogen-bond acceptors (Lipinski definition) is 8. The van der Waals surface area contributed by atoms with Gasteiger partial charge < -0.3 is 25.4 Å². The highest BCUT2D eigenvalue weighted by molar-refractivity contribution is 7.18. The predicted molar refractivity (Wildman–Crippen MR) is 138 cm³/mol. The zero-order valence-corrected chi connectivity index (χ0v) is 20.6. The van der Waals surface area contributed by atoms with E-state index in [2.05, 4.69) is 10.3 Å². The van der Waals surface area contributed by atoms with Crippen LogP contribution < -0.4 is 15.8 Å². The van der Waals surface area contributed by atoms with Crippen molar-refractivity contribution >= 4 is 50.7 Å². The number of methoxy groups -OCH3 is 1. The molecule has 34 heavy (non-hydrogen) atoms. The Morgan fingerprint density at radius 3 is 2.65 bits per heavy atom. The second kappa shape index (κ2) is 9.72. The van der Waals surface area contributed by atoms with Crippen LogP contribution in [0.5, 0.6) is 5.88 Å². The van der Waals surface area contributed by atoms with Gasteiger partial charge in [-0.25, -0.2) is 9.78 Å². The van der Waals surface area contributed by atoms with Crippen molar-refractivity contribution < 1.29 is 14.3 Å². The van der Waals surface area contributed by atoms with E-state index in [4.69, 9.17) is 20.2 Å². The van der Waals surface area contributed by atoms with Gasteiger partial charge in [-0.1, -0.05) is 18.2 Å². The monoisotopic (exact) mass is 479 g/mol. The van der Waals surface area contributed by atoms with E-state index in [0.717, 1.165) is 21.5 Å². The Kier molecular flexibility index (Phi) is 6.74. The Hall–Kier alpha value is -3.59. The Bertz CT molecular complexity index is 1220. The van der Waals surface area contributed by atoms with E-state index in [-0.39, 0.29) is 12.1 Å². The maximum absolute atomic E-state index is 12.2. The first-order valence-corrected chi connectivity index (χ1v) is 11.9. The number of nitrogens with one attached hydrogen (secondary N) is 1. The molecular weight excluding hydrogens is 450 g/mol. The van der Waals surface area contributed by atoms with Crippen molar-refractivity contribution in [1.82, 2.24) is 9.88 Å². The average Bonchev–Trinajstić information content (AvgIpc) is 3.25. The van der Waals surface area contributed by atoms with E-state index in [1.54, 1.807) is 29.6 Å². The number of amides is 1. The van der Waals surface area contributed by atoms with Gasteiger partial charge in [-0.3, -0.25) is 4.99 Å². The summed E-state index contributed by atoms with van der Waals surface area (Å²) >= 11 is 1.60. The van der Waals surface area contributed by atoms with Gasteiger partial charge in [-0.2, -0.15) is 0 Å². The highest BCUT2D eigenvalue weighted by Gasteiger charge is 2.33. The summed E-state index contributed by atoms with van der Waals surface area (Å²) in [6.45, 7) is 6.56. The molecule has 3 N–H and O–H groups in total. The SMILES string of the molecule is COc1nc(/C(C=NC2CN(C(=O)OC(C)(C)C)C2)=C/N)c(Nc2ccccc2)c2sccc12. The minimum Gasteiger partial charge on any atom is -0.481 e. The fourth-order valence-corrected chi connectivity index (χ4v) is 4.42. The van der Waals surface area contributed by atoms with E-state index in [9.17, 15) is 4.79 Å². The molecule has 2 aromatic heterocycles. The molecule has 0 atom stereocenters. The highest BCUT2D eigenvalue weighted by Crippen LogP contribution is 2.40. The topological polar surface area (TPSA) is 102 Å². The molecule has 8 nitrogen and oxygen atoms in total. The van der Waals surface area contributed by atoms with E-state index >= 15 is 0 Å². The van der Waals surface area contributed by atoms with Crippen LogP contribution in [0.4, 0.5) is 16.2 Å². The third-order valence-electron chi connectivity index (χ3n) is 5.20. The maximum Gasteiger partial charge on any atom is 0.410 e. The molecule has 0 radical (unpaired) electrons. The van der Waals surface area contributed by atoms with Crippen molar-refractivity contribution in [3.05, 3.63) is 53.7 Å². The van der Waals surface area contributed by atoms with Gasteiger partial charge in [-0.05, 0) is 44.4 Å². The quantitative estimate of drug-likeness (QED) is 0.480. The molecule has 0 saturated carbocycles. The number of nitrogens with two attached hydrogens (primary N) is 1. The van der Waals surface area contributed by atoms with E-state index in [0.29, 0.717) is 30.2 Å². The van der Waals surface area contributed by atoms with Crippen LogP contribution in [0, 0.1) is 0 Å². The number of nitrogens with zero attached hydrogens (tertiary/aromatic N) is 3. The molecule has 4 rings (SSSR count). The third kappa shape index (κ3) is 5.14. The Labute approximate surface area is 203 Å². The number of fused-ring (bicyclic) bond motifs is 1. The Morgan fingerprint density at radius 1 is 1.26 bits per heavy atom. The summed E-state index contributed by atoms with van der Waals surface area (Å²) in [7, 11) is 1.60. The lowest BCUT2D eigenvalue weighted by molar-refractivity contribution is 0.00911. The van der Waals surface area contributed by atoms with Gasteiger partial charge in [0.2, 0.25) is 5.88 Å². The number of pyridine rings is 1. The first kappa shape index (κ1) is 23.6. The summed E-state index contributed by atoms with van der Waals surface area (Å²) in [5.74, 6) is 0.525. The number of aromatic nitrogens is 1. The smallest absolute Gasteiger partial charge is 0.410 e. The molecule has 3 aromatic rings. The summed E-state index contributed by atoms with van der Waals surface area (Å²) in [6, 6.07) is 11.9. The van der Waals surface area contributed by atoms with Crippen LogP contribution in [0.25, 0.3) is 15.7 Å². The van der Waals surface area contributed by atoms with Crippen LogP contribution in [0.2, 0.25) is 0 Å². The summed E-state index contributed by atoms with van der Waals surface area (Å²) in [4.78, 5) is 23.2. The molecule has 1 fully saturated rings. The highest BCUT2D eigenvalue weighted by atomic mass is 32.1. The molecule has 0 bridgehead atoms. The molecule has 0 aliphatic carbocycles. The number of ether oxygens (including phenoxy) is 2. The molecular formula is C25H29N5O3S. The largest absolute Gasteiger partial charge is 0.481 e. The lowest BCUT2D eigenvalue weighted by Crippen LogP contribution is -2.54. The van der Waals surface area contributed by atoms with Crippen molar-refractivity contribution in [2.75, 3.05) is 25.5 Å². The number of hydrogen-bond donors (Lipinski definition) is 2. The number of anilines is 2. The minimum absolute atomic E-state index is 0.0274. The molecule has 9 heteroatoms. The number of benzene rings is 1. The number of carbonyl (C=O) groups excluding carboxylic acids is 1. The summed E-state index contributed by atoms with van der Waals surface area (Å²) in [6.07, 6.45) is 2.89. The zero-order valence-electron chi connectivity index (χ0n) is 19.7. The maximum atomic E-state index is 12.2. The Balaban J connectivity index is 1.59. The third-order valence-corrected chi connectivity index (χ3v) is 6.13. The van der Waals surface area contributed by atoms with Crippen LogP contribution in [-0.2, 0) is 4.74 Å². The van der Waals surface area contributed by atoms with Crippen LogP contribution >= 0.6 is 11.3 Å². The fourth-order valence-electron chi connectivity index (χ4n) is 3.54. The van der Waals surface area contributed by atoms with Crippen LogP contribution in [0.15, 0.2) is 53.0 Å². The molecule has 0 unspecified atom stereocenters. The molecule has 1 aliphatic rings. The number of likely N-dealkylation sites (tertiary alicyclic amines) is 1. The molecule has 1 aromatic carbocycles. The zero-order chi connectivity index (χ0) is 24.3. The van der Waals surface area contributed by atoms with Gasteiger partial charge in [-0.15, -0.1) is 11.3 Å². The number of carbonyl (C=O) groups is 1. The summed E-state index contributed by atoms with van der Waals surface area (Å²) in [5.41, 5.74) is 8.58. The van der Waals surface area contributed by atoms with Crippen LogP contribution in [-0.4, -0.2) is 54.0 Å². The molecule has 1 aliphatic heterocycles. The van der Waals surface area contributed by atoms with Crippen LogP contribution in [0.3, 0.4) is 0 Å². The van der Waals surface area contributed by atoms with Crippen molar-refractivity contribution in [1.29, 1.82) is 0 Å². The number of rotatable bonds is 6. The Morgan fingerprint density at radius 2 is 2.00 bits per heavy atom. The summed E-state index contributed by atoms with van der Waals surface area (Å²) < 4.78 is 12.0. The second-order valence-electron chi connectivity index (χ2n) is 8.94. The molecule has 1 amide bonds. The normalized spacial score (nSPS) is 14.9. The van der Waals surface area contributed by atoms with Gasteiger partial charge in [0.25, 0.3) is 0 Å². The number of allylic oxidation sites excluding steroid dienone is 1. The van der Waals surface area contributed by atoms with Crippen molar-refractivity contribution in [2.45, 2.75) is 32.4 Å². The number of thiophene rings is 1. The van der Waals surface area contributed by atoms with E-state index in [1.807, 2.05) is 62.5 Å². The average molecular weight is 480 g/mol. The van der Waals surface area contributed by atoms with Crippen molar-refractivity contribution in [3.63, 3.8) is 0 Å². The standard InChI is InChI=1S/C25H29N5O3S/c1-25(2,3)33-24(31)30-14-18(15-30)27-13-16(12-26)20-21(28-17-8-6-5-7-9-17)22-19(10-11-34-22)23(29-20)32-4/h5-13,18,28H,14-15,26H2,1-4H3/b16-12+,27-13?. The number of aliphatic imine (C=N–C) groups is 1. The number of para-hydroxylation sites is 1. The molecule has 1 saturated heterocycles. The first-order chi connectivity index (χ1) is 16.3. The van der Waals surface area contributed by atoms with Gasteiger partial charge in [0.1, 0.15) is 11.3 Å². The first-order valence-electron chi connectivity index (χ1n) is 11.0. The minimum atomic E-state index is -0.520. The predicted octanol–water partition coefficient (Wildman–Crippen LogP) is 5.04. The molecule has 0 spiro atoms. The lowest BCUT2D eigenvalue weighted by atomic mass is 10.1. The van der Waals surface area contributed by atoms with Gasteiger partial charge in [0.15, 0.2) is 0 Å². The lowest BCUT2D eigenvalue weighted by Gasteiger charge is -2.37. The van der Waals surface area contributed by atoms with Crippen molar-refractivity contribution in [2.24, 2.45) is 10.7 Å². The van der Waals surface area contributed by atoms with Gasteiger partial charge in [0, 0.05) is 36.8 Å². The molecule has 3 heterocycles. The fraction of sp³-hybridized carbons (Fsp3) is 0.320. The summed E-state index contributed by atoms with van der Waals surface area (Å²) in [5, 5.41) is 6.43.